The van der Waals surface area contributed by atoms with Gasteiger partial charge < -0.3 is 9.26 Å². The minimum Gasteiger partial charge on any atom is -0.496 e. The van der Waals surface area contributed by atoms with Crippen LogP contribution < -0.4 is 4.74 Å². The molecule has 94 valence electrons. The third kappa shape index (κ3) is 2.11. The number of hydrogen-bond acceptors (Lipinski definition) is 4. The maximum absolute atomic E-state index is 11.4. The smallest absolute Gasteiger partial charge is 0.258 e. The van der Waals surface area contributed by atoms with Gasteiger partial charge in [0.1, 0.15) is 22.8 Å². The molecule has 0 bridgehead atoms. The van der Waals surface area contributed by atoms with Gasteiger partial charge in [-0.25, -0.2) is 0 Å². The first-order valence-electron chi connectivity index (χ1n) is 5.35. The Morgan fingerprint density at radius 3 is 2.72 bits per heavy atom. The molecule has 0 fully saturated rings. The van der Waals surface area contributed by atoms with E-state index in [0.29, 0.717) is 22.8 Å². The third-order valence-corrected chi connectivity index (χ3v) is 2.86. The molecule has 0 saturated heterocycles. The fourth-order valence-electron chi connectivity index (χ4n) is 1.79. The summed E-state index contributed by atoms with van der Waals surface area (Å²) in [7, 11) is 1.56. The fraction of sp³-hybridized carbons (Fsp3) is 0.231. The number of methoxy groups -OCH3 is 1. The van der Waals surface area contributed by atoms with Crippen molar-refractivity contribution in [1.82, 2.24) is 5.16 Å². The molecule has 0 aliphatic carbocycles. The molecular weight excluding hydrogens is 254 g/mol. The highest BCUT2D eigenvalue weighted by molar-refractivity contribution is 6.68. The molecule has 2 rings (SSSR count). The predicted molar refractivity (Wildman–Crippen MR) is 68.1 cm³/mol. The van der Waals surface area contributed by atoms with E-state index in [2.05, 4.69) is 5.16 Å². The van der Waals surface area contributed by atoms with Gasteiger partial charge in [-0.1, -0.05) is 16.8 Å². The molecular formula is C13H12ClNO3. The van der Waals surface area contributed by atoms with Crippen molar-refractivity contribution in [1.29, 1.82) is 0 Å². The van der Waals surface area contributed by atoms with Gasteiger partial charge in [0.15, 0.2) is 0 Å². The van der Waals surface area contributed by atoms with Crippen LogP contribution >= 0.6 is 11.6 Å². The summed E-state index contributed by atoms with van der Waals surface area (Å²) in [4.78, 5) is 11.4. The van der Waals surface area contributed by atoms with Gasteiger partial charge in [0.25, 0.3) is 5.24 Å². The molecule has 1 heterocycles. The number of nitrogens with zero attached hydrogens (tertiary/aromatic N) is 1. The van der Waals surface area contributed by atoms with Crippen molar-refractivity contribution in [3.05, 3.63) is 35.1 Å². The van der Waals surface area contributed by atoms with E-state index in [-0.39, 0.29) is 5.56 Å². The monoisotopic (exact) mass is 265 g/mol. The Morgan fingerprint density at radius 2 is 2.11 bits per heavy atom. The number of carbonyl (C=O) groups is 1. The fourth-order valence-corrected chi connectivity index (χ4v) is 2.02. The molecule has 0 aliphatic heterocycles. The zero-order valence-electron chi connectivity index (χ0n) is 10.3. The van der Waals surface area contributed by atoms with Gasteiger partial charge >= 0.3 is 0 Å². The van der Waals surface area contributed by atoms with E-state index < -0.39 is 5.24 Å². The topological polar surface area (TPSA) is 52.3 Å². The Bertz CT molecular complexity index is 604. The van der Waals surface area contributed by atoms with E-state index in [1.165, 1.54) is 0 Å². The van der Waals surface area contributed by atoms with Gasteiger partial charge in [-0.15, -0.1) is 0 Å². The first kappa shape index (κ1) is 12.6. The number of rotatable bonds is 3. The molecule has 0 saturated carbocycles. The van der Waals surface area contributed by atoms with E-state index in [9.17, 15) is 4.79 Å². The minimum absolute atomic E-state index is 0.278. The molecule has 0 radical (unpaired) electrons. The van der Waals surface area contributed by atoms with E-state index in [1.807, 2.05) is 25.1 Å². The van der Waals surface area contributed by atoms with Gasteiger partial charge in [0.2, 0.25) is 0 Å². The van der Waals surface area contributed by atoms with Crippen LogP contribution in [-0.2, 0) is 0 Å². The second-order valence-electron chi connectivity index (χ2n) is 3.94. The first-order chi connectivity index (χ1) is 8.54. The second kappa shape index (κ2) is 4.82. The lowest BCUT2D eigenvalue weighted by atomic mass is 10.0. The van der Waals surface area contributed by atoms with Gasteiger partial charge in [0, 0.05) is 5.56 Å². The number of carbonyl (C=O) groups excluding carboxylic acids is 1. The second-order valence-corrected chi connectivity index (χ2v) is 4.28. The van der Waals surface area contributed by atoms with Crippen molar-refractivity contribution in [2.24, 2.45) is 0 Å². The number of aromatic nitrogens is 1. The summed E-state index contributed by atoms with van der Waals surface area (Å²) < 4.78 is 10.3. The van der Waals surface area contributed by atoms with Crippen LogP contribution in [0.1, 0.15) is 21.7 Å². The highest BCUT2D eigenvalue weighted by Crippen LogP contribution is 2.34. The lowest BCUT2D eigenvalue weighted by molar-refractivity contribution is 0.108. The van der Waals surface area contributed by atoms with E-state index in [1.54, 1.807) is 14.0 Å². The summed E-state index contributed by atoms with van der Waals surface area (Å²) in [6.45, 7) is 3.59. The largest absolute Gasteiger partial charge is 0.496 e. The van der Waals surface area contributed by atoms with Crippen molar-refractivity contribution in [3.63, 3.8) is 0 Å². The van der Waals surface area contributed by atoms with Crippen LogP contribution in [0.2, 0.25) is 0 Å². The zero-order chi connectivity index (χ0) is 13.3. The van der Waals surface area contributed by atoms with Crippen molar-refractivity contribution < 1.29 is 14.1 Å². The Hall–Kier alpha value is -1.81. The molecule has 0 amide bonds. The van der Waals surface area contributed by atoms with Gasteiger partial charge in [-0.05, 0) is 37.6 Å². The quantitative estimate of drug-likeness (QED) is 0.799. The lowest BCUT2D eigenvalue weighted by Crippen LogP contribution is -1.96. The Labute approximate surface area is 109 Å². The molecule has 0 unspecified atom stereocenters. The van der Waals surface area contributed by atoms with Gasteiger partial charge in [-0.3, -0.25) is 4.79 Å². The van der Waals surface area contributed by atoms with Gasteiger partial charge in [-0.2, -0.15) is 0 Å². The van der Waals surface area contributed by atoms with Crippen LogP contribution in [0.4, 0.5) is 0 Å². The molecule has 0 atom stereocenters. The highest BCUT2D eigenvalue weighted by Gasteiger charge is 2.22. The number of benzene rings is 1. The summed E-state index contributed by atoms with van der Waals surface area (Å²) in [5, 5.41) is 3.31. The number of hydrogen-bond donors (Lipinski definition) is 0. The van der Waals surface area contributed by atoms with Crippen LogP contribution in [0, 0.1) is 13.8 Å². The van der Waals surface area contributed by atoms with Crippen LogP contribution in [0.15, 0.2) is 22.7 Å². The molecule has 5 heteroatoms. The molecule has 0 N–H and O–H groups in total. The Balaban J connectivity index is 2.69. The van der Waals surface area contributed by atoms with Crippen molar-refractivity contribution in [2.75, 3.05) is 7.11 Å². The van der Waals surface area contributed by atoms with Gasteiger partial charge in [0.05, 0.1) is 7.11 Å². The Morgan fingerprint density at radius 1 is 1.39 bits per heavy atom. The van der Waals surface area contributed by atoms with Crippen molar-refractivity contribution in [3.8, 4) is 17.0 Å². The molecule has 2 aromatic rings. The number of halogens is 1. The number of aryl methyl sites for hydroxylation is 2. The molecule has 0 aliphatic rings. The number of ether oxygens (including phenoxy) is 1. The first-order valence-corrected chi connectivity index (χ1v) is 5.73. The predicted octanol–water partition coefficient (Wildman–Crippen LogP) is 3.35. The SMILES string of the molecule is COc1ccc(C)cc1-c1noc(C)c1C(=O)Cl. The summed E-state index contributed by atoms with van der Waals surface area (Å²) >= 11 is 5.56. The maximum atomic E-state index is 11.4. The van der Waals surface area contributed by atoms with Crippen LogP contribution in [0.5, 0.6) is 5.75 Å². The zero-order valence-corrected chi connectivity index (χ0v) is 11.0. The van der Waals surface area contributed by atoms with Crippen LogP contribution in [-0.4, -0.2) is 17.5 Å². The minimum atomic E-state index is -0.590. The summed E-state index contributed by atoms with van der Waals surface area (Å²) in [6, 6.07) is 5.61. The summed E-state index contributed by atoms with van der Waals surface area (Å²) in [6.07, 6.45) is 0. The summed E-state index contributed by atoms with van der Waals surface area (Å²) in [5.41, 5.74) is 2.41. The molecule has 1 aromatic heterocycles. The maximum Gasteiger partial charge on any atom is 0.258 e. The molecule has 0 spiro atoms. The average Bonchev–Trinajstić information content (AvgIpc) is 2.71. The van der Waals surface area contributed by atoms with E-state index >= 15 is 0 Å². The highest BCUT2D eigenvalue weighted by atomic mass is 35.5. The van der Waals surface area contributed by atoms with Crippen LogP contribution in [0.25, 0.3) is 11.3 Å². The average molecular weight is 266 g/mol. The molecule has 4 nitrogen and oxygen atoms in total. The standard InChI is InChI=1S/C13H12ClNO3/c1-7-4-5-10(17-3)9(6-7)12-11(13(14)16)8(2)18-15-12/h4-6H,1-3H3. The van der Waals surface area contributed by atoms with E-state index in [4.69, 9.17) is 20.9 Å². The summed E-state index contributed by atoms with van der Waals surface area (Å²) in [5.74, 6) is 1.02. The van der Waals surface area contributed by atoms with E-state index in [0.717, 1.165) is 5.56 Å². The normalized spacial score (nSPS) is 10.4. The van der Waals surface area contributed by atoms with Crippen LogP contribution in [0.3, 0.4) is 0 Å². The lowest BCUT2D eigenvalue weighted by Gasteiger charge is -2.07. The third-order valence-electron chi connectivity index (χ3n) is 2.67. The van der Waals surface area contributed by atoms with Crippen molar-refractivity contribution >= 4 is 16.8 Å². The molecule has 18 heavy (non-hydrogen) atoms. The Kier molecular flexibility index (Phi) is 3.39. The molecule has 1 aromatic carbocycles. The van der Waals surface area contributed by atoms with Crippen molar-refractivity contribution in [2.45, 2.75) is 13.8 Å².